The van der Waals surface area contributed by atoms with Crippen molar-refractivity contribution in [2.24, 2.45) is 5.41 Å². The van der Waals surface area contributed by atoms with Crippen LogP contribution in [0.3, 0.4) is 0 Å². The normalized spacial score (nSPS) is 11.1. The van der Waals surface area contributed by atoms with E-state index < -0.39 is 16.2 Å². The van der Waals surface area contributed by atoms with Gasteiger partial charge in [-0.25, -0.2) is 0 Å². The molecule has 6 nitrogen and oxygen atoms in total. The lowest BCUT2D eigenvalue weighted by molar-refractivity contribution is -0.384. The summed E-state index contributed by atoms with van der Waals surface area (Å²) in [5, 5.41) is 22.5. The average Bonchev–Trinajstić information content (AvgIpc) is 2.31. The van der Waals surface area contributed by atoms with E-state index >= 15 is 0 Å². The van der Waals surface area contributed by atoms with E-state index in [1.165, 1.54) is 0 Å². The van der Waals surface area contributed by atoms with Crippen molar-refractivity contribution in [1.82, 2.24) is 0 Å². The molecule has 0 unspecified atom stereocenters. The lowest BCUT2D eigenvalue weighted by Crippen LogP contribution is -2.32. The summed E-state index contributed by atoms with van der Waals surface area (Å²) in [6.07, 6.45) is 0. The quantitative estimate of drug-likeness (QED) is 0.381. The molecule has 0 aliphatic carbocycles. The number of nitro benzene ring substituents is 1. The van der Waals surface area contributed by atoms with Gasteiger partial charge in [0.25, 0.3) is 5.69 Å². The topological polar surface area (TPSA) is 92.5 Å². The first-order chi connectivity index (χ1) is 8.27. The van der Waals surface area contributed by atoms with Gasteiger partial charge in [0.2, 0.25) is 5.91 Å². The molecule has 98 valence electrons. The number of benzene rings is 1. The number of phenols is 1. The van der Waals surface area contributed by atoms with Crippen molar-refractivity contribution in [2.75, 3.05) is 11.2 Å². The summed E-state index contributed by atoms with van der Waals surface area (Å²) < 4.78 is 0. The Bertz CT molecular complexity index is 488. The number of hydrogen-bond acceptors (Lipinski definition) is 4. The van der Waals surface area contributed by atoms with Crippen molar-refractivity contribution in [3.05, 3.63) is 28.3 Å². The van der Waals surface area contributed by atoms with Gasteiger partial charge in [-0.3, -0.25) is 14.9 Å². The molecule has 0 bridgehead atoms. The van der Waals surface area contributed by atoms with Gasteiger partial charge in [-0.1, -0.05) is 0 Å². The number of rotatable bonds is 4. The van der Waals surface area contributed by atoms with Gasteiger partial charge in [0, 0.05) is 18.0 Å². The third-order valence-electron chi connectivity index (χ3n) is 2.39. The number of alkyl halides is 1. The number of anilines is 1. The highest BCUT2D eigenvalue weighted by molar-refractivity contribution is 6.20. The molecule has 0 aromatic heterocycles. The van der Waals surface area contributed by atoms with Crippen LogP contribution >= 0.6 is 11.6 Å². The second kappa shape index (κ2) is 5.22. The lowest BCUT2D eigenvalue weighted by atomic mass is 9.95. The first-order valence-corrected chi connectivity index (χ1v) is 5.66. The van der Waals surface area contributed by atoms with Crippen LogP contribution in [0, 0.1) is 15.5 Å². The third kappa shape index (κ3) is 3.10. The predicted octanol–water partition coefficient (Wildman–Crippen LogP) is 2.50. The molecule has 1 aromatic rings. The number of amides is 1. The molecular formula is C11H13ClN2O4. The number of carbonyl (C=O) groups excluding carboxylic acids is 1. The first-order valence-electron chi connectivity index (χ1n) is 5.13. The second-order valence-electron chi connectivity index (χ2n) is 4.43. The molecule has 1 amide bonds. The molecule has 0 saturated carbocycles. The molecule has 0 spiro atoms. The lowest BCUT2D eigenvalue weighted by Gasteiger charge is -2.20. The van der Waals surface area contributed by atoms with Gasteiger partial charge in [-0.05, 0) is 19.9 Å². The first kappa shape index (κ1) is 14.2. The number of nitro groups is 1. The molecule has 7 heteroatoms. The van der Waals surface area contributed by atoms with Gasteiger partial charge in [-0.2, -0.15) is 0 Å². The maximum Gasteiger partial charge on any atom is 0.271 e. The van der Waals surface area contributed by atoms with Crippen LogP contribution in [0.25, 0.3) is 0 Å². The smallest absolute Gasteiger partial charge is 0.271 e. The second-order valence-corrected chi connectivity index (χ2v) is 4.70. The summed E-state index contributed by atoms with van der Waals surface area (Å²) in [4.78, 5) is 21.8. The Balaban J connectivity index is 3.01. The standard InChI is InChI=1S/C11H13ClN2O4/c1-11(2,6-12)10(16)13-8-5-7(14(17)18)3-4-9(8)15/h3-5,15H,6H2,1-2H3,(H,13,16). The van der Waals surface area contributed by atoms with Crippen LogP contribution < -0.4 is 5.32 Å². The Kier molecular flexibility index (Phi) is 4.13. The van der Waals surface area contributed by atoms with Crippen molar-refractivity contribution in [3.63, 3.8) is 0 Å². The fourth-order valence-corrected chi connectivity index (χ4v) is 1.21. The Labute approximate surface area is 109 Å². The van der Waals surface area contributed by atoms with E-state index in [0.29, 0.717) is 0 Å². The Morgan fingerprint density at radius 2 is 2.17 bits per heavy atom. The van der Waals surface area contributed by atoms with Gasteiger partial charge in [-0.15, -0.1) is 11.6 Å². The molecule has 0 atom stereocenters. The minimum Gasteiger partial charge on any atom is -0.506 e. The van der Waals surface area contributed by atoms with Crippen molar-refractivity contribution in [1.29, 1.82) is 0 Å². The minimum atomic E-state index is -0.835. The zero-order valence-electron chi connectivity index (χ0n) is 9.94. The van der Waals surface area contributed by atoms with E-state index in [-0.39, 0.29) is 23.0 Å². The largest absolute Gasteiger partial charge is 0.506 e. The van der Waals surface area contributed by atoms with Crippen LogP contribution in [0.5, 0.6) is 5.75 Å². The average molecular weight is 273 g/mol. The summed E-state index contributed by atoms with van der Waals surface area (Å²) in [6, 6.07) is 3.40. The molecule has 0 aliphatic heterocycles. The summed E-state index contributed by atoms with van der Waals surface area (Å²) in [5.74, 6) is -0.568. The Hall–Kier alpha value is -1.82. The van der Waals surface area contributed by atoms with Crippen LogP contribution in [-0.4, -0.2) is 21.8 Å². The fourth-order valence-electron chi connectivity index (χ4n) is 1.09. The highest BCUT2D eigenvalue weighted by atomic mass is 35.5. The van der Waals surface area contributed by atoms with E-state index in [4.69, 9.17) is 11.6 Å². The maximum absolute atomic E-state index is 11.8. The van der Waals surface area contributed by atoms with Crippen molar-refractivity contribution >= 4 is 28.9 Å². The van der Waals surface area contributed by atoms with Gasteiger partial charge in [0.05, 0.1) is 16.0 Å². The number of non-ortho nitro benzene ring substituents is 1. The molecule has 1 rings (SSSR count). The monoisotopic (exact) mass is 272 g/mol. The van der Waals surface area contributed by atoms with Gasteiger partial charge in [0.15, 0.2) is 0 Å². The number of aromatic hydroxyl groups is 1. The van der Waals surface area contributed by atoms with Crippen LogP contribution in [0.15, 0.2) is 18.2 Å². The molecule has 0 fully saturated rings. The van der Waals surface area contributed by atoms with E-state index in [1.54, 1.807) is 13.8 Å². The van der Waals surface area contributed by atoms with E-state index in [1.807, 2.05) is 0 Å². The number of carbonyl (C=O) groups is 1. The summed E-state index contributed by atoms with van der Waals surface area (Å²) in [5.41, 5.74) is -1.06. The zero-order chi connectivity index (χ0) is 13.9. The van der Waals surface area contributed by atoms with Crippen LogP contribution in [0.1, 0.15) is 13.8 Å². The minimum absolute atomic E-state index is 0.00704. The molecular weight excluding hydrogens is 260 g/mol. The number of hydrogen-bond donors (Lipinski definition) is 2. The highest BCUT2D eigenvalue weighted by Crippen LogP contribution is 2.29. The molecule has 0 radical (unpaired) electrons. The maximum atomic E-state index is 11.8. The zero-order valence-corrected chi connectivity index (χ0v) is 10.7. The fraction of sp³-hybridized carbons (Fsp3) is 0.364. The SMILES string of the molecule is CC(C)(CCl)C(=O)Nc1cc([N+](=O)[O-])ccc1O. The highest BCUT2D eigenvalue weighted by Gasteiger charge is 2.27. The van der Waals surface area contributed by atoms with Crippen LogP contribution in [0.2, 0.25) is 0 Å². The Morgan fingerprint density at radius 3 is 2.67 bits per heavy atom. The van der Waals surface area contributed by atoms with Crippen molar-refractivity contribution in [3.8, 4) is 5.75 Å². The molecule has 0 saturated heterocycles. The Morgan fingerprint density at radius 1 is 1.56 bits per heavy atom. The number of nitrogens with one attached hydrogen (secondary N) is 1. The summed E-state index contributed by atoms with van der Waals surface area (Å²) >= 11 is 5.64. The molecule has 0 aliphatic rings. The van der Waals surface area contributed by atoms with Crippen LogP contribution in [-0.2, 0) is 4.79 Å². The van der Waals surface area contributed by atoms with E-state index in [2.05, 4.69) is 5.32 Å². The van der Waals surface area contributed by atoms with E-state index in [9.17, 15) is 20.0 Å². The molecule has 18 heavy (non-hydrogen) atoms. The summed E-state index contributed by atoms with van der Waals surface area (Å²) in [7, 11) is 0. The predicted molar refractivity (Wildman–Crippen MR) is 67.9 cm³/mol. The van der Waals surface area contributed by atoms with Crippen molar-refractivity contribution in [2.45, 2.75) is 13.8 Å². The molecule has 0 heterocycles. The van der Waals surface area contributed by atoms with Crippen molar-refractivity contribution < 1.29 is 14.8 Å². The number of halogens is 1. The van der Waals surface area contributed by atoms with Crippen LogP contribution in [0.4, 0.5) is 11.4 Å². The van der Waals surface area contributed by atoms with Gasteiger partial charge in [0.1, 0.15) is 5.75 Å². The van der Waals surface area contributed by atoms with Gasteiger partial charge >= 0.3 is 0 Å². The number of nitrogens with zero attached hydrogens (tertiary/aromatic N) is 1. The van der Waals surface area contributed by atoms with E-state index in [0.717, 1.165) is 18.2 Å². The third-order valence-corrected chi connectivity index (χ3v) is 3.06. The molecule has 1 aromatic carbocycles. The number of phenolic OH excluding ortho intramolecular Hbond substituents is 1. The summed E-state index contributed by atoms with van der Waals surface area (Å²) in [6.45, 7) is 3.26. The molecule has 2 N–H and O–H groups in total. The van der Waals surface area contributed by atoms with Gasteiger partial charge < -0.3 is 10.4 Å².